The largest absolute Gasteiger partial charge is 0.383 e. The van der Waals surface area contributed by atoms with Crippen molar-refractivity contribution >= 4 is 0 Å². The Morgan fingerprint density at radius 3 is 2.54 bits per heavy atom. The Morgan fingerprint density at radius 2 is 2.00 bits per heavy atom. The Balaban J connectivity index is 2.81. The average Bonchev–Trinajstić information content (AvgIpc) is 2.07. The van der Waals surface area contributed by atoms with Crippen molar-refractivity contribution in [2.24, 2.45) is 0 Å². The lowest BCUT2D eigenvalue weighted by atomic mass is 9.82. The summed E-state index contributed by atoms with van der Waals surface area (Å²) in [6, 6.07) is 0. The molecule has 0 heterocycles. The molecule has 13 heavy (non-hydrogen) atoms. The second kappa shape index (κ2) is 3.48. The number of allylic oxidation sites excluding steroid dienone is 2. The summed E-state index contributed by atoms with van der Waals surface area (Å²) in [4.78, 5) is 0. The van der Waals surface area contributed by atoms with Gasteiger partial charge in [-0.2, -0.15) is 0 Å². The van der Waals surface area contributed by atoms with Crippen LogP contribution < -0.4 is 0 Å². The van der Waals surface area contributed by atoms with E-state index < -0.39 is 11.2 Å². The molecule has 1 N–H and O–H groups in total. The monoisotopic (exact) mass is 180 g/mol. The van der Waals surface area contributed by atoms with Crippen LogP contribution in [-0.4, -0.2) is 22.9 Å². The van der Waals surface area contributed by atoms with Crippen LogP contribution in [0.25, 0.3) is 0 Å². The van der Waals surface area contributed by atoms with Gasteiger partial charge in [0.05, 0.1) is 6.61 Å². The van der Waals surface area contributed by atoms with E-state index in [4.69, 9.17) is 4.74 Å². The highest BCUT2D eigenvalue weighted by Gasteiger charge is 2.41. The predicted molar refractivity (Wildman–Crippen MR) is 53.5 cm³/mol. The lowest BCUT2D eigenvalue weighted by molar-refractivity contribution is -0.106. The SMILES string of the molecule is C=CCOC1(C)C=CC=CC1(C)O. The van der Waals surface area contributed by atoms with E-state index in [0.29, 0.717) is 6.61 Å². The number of hydrogen-bond acceptors (Lipinski definition) is 2. The summed E-state index contributed by atoms with van der Waals surface area (Å²) in [5.74, 6) is 0. The number of ether oxygens (including phenoxy) is 1. The summed E-state index contributed by atoms with van der Waals surface area (Å²) in [5, 5.41) is 10.0. The van der Waals surface area contributed by atoms with Gasteiger partial charge in [-0.1, -0.05) is 24.3 Å². The number of rotatable bonds is 3. The molecule has 0 spiro atoms. The molecule has 0 radical (unpaired) electrons. The summed E-state index contributed by atoms with van der Waals surface area (Å²) in [7, 11) is 0. The minimum Gasteiger partial charge on any atom is -0.383 e. The van der Waals surface area contributed by atoms with Crippen LogP contribution in [0, 0.1) is 0 Å². The predicted octanol–water partition coefficient (Wildman–Crippen LogP) is 1.82. The van der Waals surface area contributed by atoms with E-state index in [1.54, 1.807) is 19.1 Å². The molecular weight excluding hydrogens is 164 g/mol. The maximum absolute atomic E-state index is 10.0. The Labute approximate surface area is 79.2 Å². The summed E-state index contributed by atoms with van der Waals surface area (Å²) in [6.07, 6.45) is 8.96. The summed E-state index contributed by atoms with van der Waals surface area (Å²) in [5.41, 5.74) is -1.61. The van der Waals surface area contributed by atoms with Gasteiger partial charge in [0.2, 0.25) is 0 Å². The van der Waals surface area contributed by atoms with Crippen molar-refractivity contribution in [3.05, 3.63) is 37.0 Å². The highest BCUT2D eigenvalue weighted by Crippen LogP contribution is 2.31. The Hall–Kier alpha value is -0.860. The first-order chi connectivity index (χ1) is 6.02. The molecule has 2 heteroatoms. The van der Waals surface area contributed by atoms with Gasteiger partial charge in [-0.05, 0) is 19.9 Å². The van der Waals surface area contributed by atoms with Crippen LogP contribution in [0.5, 0.6) is 0 Å². The van der Waals surface area contributed by atoms with Crippen LogP contribution in [0.3, 0.4) is 0 Å². The first-order valence-corrected chi connectivity index (χ1v) is 4.36. The summed E-state index contributed by atoms with van der Waals surface area (Å²) >= 11 is 0. The third-order valence-electron chi connectivity index (χ3n) is 2.45. The second-order valence-electron chi connectivity index (χ2n) is 3.57. The van der Waals surface area contributed by atoms with E-state index >= 15 is 0 Å². The van der Waals surface area contributed by atoms with Gasteiger partial charge in [-0.25, -0.2) is 0 Å². The molecule has 1 aliphatic rings. The second-order valence-corrected chi connectivity index (χ2v) is 3.57. The van der Waals surface area contributed by atoms with Crippen LogP contribution >= 0.6 is 0 Å². The van der Waals surface area contributed by atoms with E-state index in [0.717, 1.165) is 0 Å². The molecule has 0 aromatic heterocycles. The zero-order chi connectivity index (χ0) is 9.95. The molecule has 0 aromatic rings. The van der Waals surface area contributed by atoms with Gasteiger partial charge in [0, 0.05) is 0 Å². The maximum atomic E-state index is 10.0. The van der Waals surface area contributed by atoms with Crippen LogP contribution in [0.1, 0.15) is 13.8 Å². The summed E-state index contributed by atoms with van der Waals surface area (Å²) < 4.78 is 5.53. The third-order valence-corrected chi connectivity index (χ3v) is 2.45. The molecule has 0 amide bonds. The molecule has 2 unspecified atom stereocenters. The van der Waals surface area contributed by atoms with Crippen LogP contribution in [0.4, 0.5) is 0 Å². The van der Waals surface area contributed by atoms with E-state index in [1.165, 1.54) is 0 Å². The van der Waals surface area contributed by atoms with E-state index in [9.17, 15) is 5.11 Å². The molecule has 72 valence electrons. The van der Waals surface area contributed by atoms with Gasteiger partial charge in [0.1, 0.15) is 11.2 Å². The zero-order valence-electron chi connectivity index (χ0n) is 8.16. The lowest BCUT2D eigenvalue weighted by Crippen LogP contribution is -2.50. The maximum Gasteiger partial charge on any atom is 0.116 e. The molecule has 2 nitrogen and oxygen atoms in total. The molecular formula is C11H16O2. The Bertz CT molecular complexity index is 251. The van der Waals surface area contributed by atoms with Crippen molar-refractivity contribution in [3.63, 3.8) is 0 Å². The van der Waals surface area contributed by atoms with Gasteiger partial charge >= 0.3 is 0 Å². The molecule has 0 aromatic carbocycles. The first kappa shape index (κ1) is 10.2. The van der Waals surface area contributed by atoms with E-state index in [2.05, 4.69) is 6.58 Å². The normalized spacial score (nSPS) is 37.8. The quantitative estimate of drug-likeness (QED) is 0.671. The van der Waals surface area contributed by atoms with E-state index in [1.807, 2.05) is 25.2 Å². The minimum absolute atomic E-state index is 0.435. The Kier molecular flexibility index (Phi) is 2.74. The highest BCUT2D eigenvalue weighted by molar-refractivity contribution is 5.27. The lowest BCUT2D eigenvalue weighted by Gasteiger charge is -2.39. The van der Waals surface area contributed by atoms with Crippen molar-refractivity contribution in [3.8, 4) is 0 Å². The first-order valence-electron chi connectivity index (χ1n) is 4.36. The van der Waals surface area contributed by atoms with Crippen molar-refractivity contribution < 1.29 is 9.84 Å². The minimum atomic E-state index is -0.954. The fourth-order valence-corrected chi connectivity index (χ4v) is 1.24. The van der Waals surface area contributed by atoms with E-state index in [-0.39, 0.29) is 0 Å². The van der Waals surface area contributed by atoms with Gasteiger partial charge < -0.3 is 9.84 Å². The molecule has 2 atom stereocenters. The number of hydrogen-bond donors (Lipinski definition) is 1. The van der Waals surface area contributed by atoms with Gasteiger partial charge in [0.15, 0.2) is 0 Å². The van der Waals surface area contributed by atoms with Gasteiger partial charge in [-0.3, -0.25) is 0 Å². The standard InChI is InChI=1S/C11H16O2/c1-4-9-13-11(3)8-6-5-7-10(11,2)12/h4-8,12H,1,9H2,2-3H3. The molecule has 0 saturated carbocycles. The van der Waals surface area contributed by atoms with Gasteiger partial charge in [-0.15, -0.1) is 6.58 Å². The highest BCUT2D eigenvalue weighted by atomic mass is 16.5. The average molecular weight is 180 g/mol. The molecule has 0 bridgehead atoms. The molecule has 0 saturated heterocycles. The fourth-order valence-electron chi connectivity index (χ4n) is 1.24. The molecule has 1 rings (SSSR count). The number of aliphatic hydroxyl groups is 1. The van der Waals surface area contributed by atoms with Crippen LogP contribution in [0.2, 0.25) is 0 Å². The molecule has 0 fully saturated rings. The van der Waals surface area contributed by atoms with Crippen molar-refractivity contribution in [2.75, 3.05) is 6.61 Å². The van der Waals surface area contributed by atoms with Crippen LogP contribution in [-0.2, 0) is 4.74 Å². The topological polar surface area (TPSA) is 29.5 Å². The molecule has 0 aliphatic heterocycles. The van der Waals surface area contributed by atoms with Crippen LogP contribution in [0.15, 0.2) is 37.0 Å². The Morgan fingerprint density at radius 1 is 1.38 bits per heavy atom. The molecule has 1 aliphatic carbocycles. The summed E-state index contributed by atoms with van der Waals surface area (Å²) in [6.45, 7) is 7.60. The third kappa shape index (κ3) is 1.90. The fraction of sp³-hybridized carbons (Fsp3) is 0.455. The smallest absolute Gasteiger partial charge is 0.116 e. The van der Waals surface area contributed by atoms with Crippen molar-refractivity contribution in [1.82, 2.24) is 0 Å². The van der Waals surface area contributed by atoms with Gasteiger partial charge in [0.25, 0.3) is 0 Å². The zero-order valence-corrected chi connectivity index (χ0v) is 8.16. The van der Waals surface area contributed by atoms with Crippen molar-refractivity contribution in [1.29, 1.82) is 0 Å². The van der Waals surface area contributed by atoms with Crippen molar-refractivity contribution in [2.45, 2.75) is 25.0 Å².